The number of anilines is 1. The lowest BCUT2D eigenvalue weighted by Gasteiger charge is -2.28. The van der Waals surface area contributed by atoms with E-state index in [1.54, 1.807) is 11.2 Å². The molecule has 0 spiro atoms. The number of sulfonamides is 1. The number of hydrogen-bond donors (Lipinski definition) is 3. The second kappa shape index (κ2) is 9.17. The molecule has 7 nitrogen and oxygen atoms in total. The number of ether oxygens (including phenoxy) is 1. The van der Waals surface area contributed by atoms with Crippen LogP contribution in [0.25, 0.3) is 10.8 Å². The molecule has 1 unspecified atom stereocenters. The Hall–Kier alpha value is -3.10. The highest BCUT2D eigenvalue weighted by Crippen LogP contribution is 2.44. The van der Waals surface area contributed by atoms with Crippen LogP contribution in [0.2, 0.25) is 0 Å². The summed E-state index contributed by atoms with van der Waals surface area (Å²) in [5, 5.41) is 9.70. The minimum atomic E-state index is -3.51. The van der Waals surface area contributed by atoms with Crippen LogP contribution in [0, 0.1) is 5.41 Å². The van der Waals surface area contributed by atoms with Crippen LogP contribution in [0.5, 0.6) is 5.75 Å². The van der Waals surface area contributed by atoms with Crippen LogP contribution in [-0.4, -0.2) is 32.2 Å². The lowest BCUT2D eigenvalue weighted by Crippen LogP contribution is -2.33. The largest absolute Gasteiger partial charge is 0.490 e. The van der Waals surface area contributed by atoms with Gasteiger partial charge < -0.3 is 16.2 Å². The predicted molar refractivity (Wildman–Crippen MR) is 141 cm³/mol. The Bertz CT molecular complexity index is 1380. The molecule has 1 heterocycles. The number of nitrogens with zero attached hydrogens (tertiary/aromatic N) is 1. The first-order chi connectivity index (χ1) is 16.7. The fourth-order valence-corrected chi connectivity index (χ4v) is 6.59. The quantitative estimate of drug-likeness (QED) is 0.351. The van der Waals surface area contributed by atoms with E-state index in [0.29, 0.717) is 17.7 Å². The van der Waals surface area contributed by atoms with Crippen molar-refractivity contribution in [2.75, 3.05) is 10.1 Å². The molecule has 0 amide bonds. The molecule has 1 fully saturated rings. The highest BCUT2D eigenvalue weighted by atomic mass is 32.2. The summed E-state index contributed by atoms with van der Waals surface area (Å²) >= 11 is 0. The van der Waals surface area contributed by atoms with Gasteiger partial charge in [-0.2, -0.15) is 0 Å². The molecule has 2 aliphatic rings. The van der Waals surface area contributed by atoms with E-state index in [4.69, 9.17) is 21.6 Å². The summed E-state index contributed by atoms with van der Waals surface area (Å²) < 4.78 is 34.3. The fourth-order valence-electron chi connectivity index (χ4n) is 5.25. The number of fused-ring (bicyclic) bond motifs is 2. The normalized spacial score (nSPS) is 22.2. The molecule has 5 N–H and O–H groups in total. The number of nitrogens with one attached hydrogen (secondary N) is 1. The molecule has 184 valence electrons. The van der Waals surface area contributed by atoms with Gasteiger partial charge in [0.05, 0.1) is 23.6 Å². The van der Waals surface area contributed by atoms with Crippen molar-refractivity contribution in [1.29, 1.82) is 5.41 Å². The first-order valence-corrected chi connectivity index (χ1v) is 13.8. The maximum absolute atomic E-state index is 13.2. The van der Waals surface area contributed by atoms with Gasteiger partial charge in [-0.3, -0.25) is 9.71 Å². The van der Waals surface area contributed by atoms with E-state index in [-0.39, 0.29) is 29.8 Å². The van der Waals surface area contributed by atoms with Gasteiger partial charge in [-0.05, 0) is 84.8 Å². The molecule has 3 aromatic rings. The number of rotatable bonds is 6. The van der Waals surface area contributed by atoms with Gasteiger partial charge in [0, 0.05) is 18.0 Å². The molecule has 0 saturated heterocycles. The van der Waals surface area contributed by atoms with E-state index >= 15 is 0 Å². The number of amidine groups is 1. The molecule has 35 heavy (non-hydrogen) atoms. The van der Waals surface area contributed by atoms with Gasteiger partial charge in [-0.15, -0.1) is 0 Å². The van der Waals surface area contributed by atoms with E-state index in [9.17, 15) is 8.42 Å². The van der Waals surface area contributed by atoms with E-state index in [2.05, 4.69) is 0 Å². The van der Waals surface area contributed by atoms with Crippen molar-refractivity contribution in [3.63, 3.8) is 0 Å². The van der Waals surface area contributed by atoms with Gasteiger partial charge in [-0.1, -0.05) is 24.3 Å². The van der Waals surface area contributed by atoms with E-state index < -0.39 is 10.0 Å². The average Bonchev–Trinajstić information content (AvgIpc) is 3.24. The van der Waals surface area contributed by atoms with Gasteiger partial charge in [0.15, 0.2) is 0 Å². The summed E-state index contributed by atoms with van der Waals surface area (Å²) in [5.41, 5.74) is 15.0. The smallest absolute Gasteiger partial charge is 0.235 e. The second-order valence-corrected chi connectivity index (χ2v) is 11.7. The Balaban J connectivity index is 1.49. The zero-order chi connectivity index (χ0) is 24.7. The van der Waals surface area contributed by atoms with E-state index in [0.717, 1.165) is 53.3 Å². The van der Waals surface area contributed by atoms with Crippen molar-refractivity contribution in [2.45, 2.75) is 57.2 Å². The molecule has 8 heteroatoms. The lowest BCUT2D eigenvalue weighted by atomic mass is 9.93. The maximum atomic E-state index is 13.2. The Labute approximate surface area is 206 Å². The van der Waals surface area contributed by atoms with Crippen molar-refractivity contribution >= 4 is 32.3 Å². The highest BCUT2D eigenvalue weighted by Gasteiger charge is 2.38. The van der Waals surface area contributed by atoms with Crippen molar-refractivity contribution in [3.05, 3.63) is 71.3 Å². The molecule has 0 aromatic heterocycles. The number of nitrogen functional groups attached to an aromatic ring is 1. The van der Waals surface area contributed by atoms with Crippen molar-refractivity contribution < 1.29 is 13.2 Å². The molecule has 3 aromatic carbocycles. The van der Waals surface area contributed by atoms with Crippen molar-refractivity contribution in [3.8, 4) is 5.75 Å². The molecule has 0 radical (unpaired) electrons. The third kappa shape index (κ3) is 4.60. The first-order valence-electron chi connectivity index (χ1n) is 12.2. The predicted octanol–water partition coefficient (Wildman–Crippen LogP) is 4.23. The third-order valence-electron chi connectivity index (χ3n) is 7.23. The van der Waals surface area contributed by atoms with Crippen molar-refractivity contribution in [1.82, 2.24) is 0 Å². The average molecular weight is 493 g/mol. The molecule has 0 bridgehead atoms. The Morgan fingerprint density at radius 2 is 1.77 bits per heavy atom. The SMILES string of the molecule is CCS(=O)(=O)N1c2ccc(OC3CCC(N)CC3)cc2CC1c1ccc2ccc(C(=N)N)cc2c1. The summed E-state index contributed by atoms with van der Waals surface area (Å²) in [4.78, 5) is 0. The molecule has 1 saturated carbocycles. The highest BCUT2D eigenvalue weighted by molar-refractivity contribution is 7.92. The monoisotopic (exact) mass is 492 g/mol. The molecular formula is C27H32N4O3S. The van der Waals surface area contributed by atoms with Gasteiger partial charge >= 0.3 is 0 Å². The summed E-state index contributed by atoms with van der Waals surface area (Å²) in [7, 11) is -3.51. The lowest BCUT2D eigenvalue weighted by molar-refractivity contribution is 0.147. The molecule has 1 aliphatic carbocycles. The summed E-state index contributed by atoms with van der Waals surface area (Å²) in [5.74, 6) is 0.808. The Morgan fingerprint density at radius 1 is 1.03 bits per heavy atom. The molecular weight excluding hydrogens is 460 g/mol. The minimum absolute atomic E-state index is 0.00763. The van der Waals surface area contributed by atoms with E-state index in [1.807, 2.05) is 54.6 Å². The van der Waals surface area contributed by atoms with E-state index in [1.165, 1.54) is 0 Å². The maximum Gasteiger partial charge on any atom is 0.235 e. The topological polar surface area (TPSA) is 122 Å². The van der Waals surface area contributed by atoms with Crippen LogP contribution in [0.1, 0.15) is 55.3 Å². The second-order valence-electron chi connectivity index (χ2n) is 9.60. The molecule has 1 atom stereocenters. The summed E-state index contributed by atoms with van der Waals surface area (Å²) in [6, 6.07) is 17.3. The standard InChI is InChI=1S/C27H32N4O3S/c1-2-35(32,33)31-25-12-11-24(34-23-9-7-22(28)8-10-23)15-21(25)16-26(31)18-5-3-17-4-6-19(27(29)30)14-20(17)13-18/h3-6,11-15,22-23,26H,2,7-10,16,28H2,1H3,(H3,29,30). The zero-order valence-corrected chi connectivity index (χ0v) is 20.7. The Kier molecular flexibility index (Phi) is 6.19. The first kappa shape index (κ1) is 23.6. The number of nitrogens with two attached hydrogens (primary N) is 2. The van der Waals surface area contributed by atoms with Crippen LogP contribution in [0.4, 0.5) is 5.69 Å². The summed E-state index contributed by atoms with van der Waals surface area (Å²) in [6.07, 6.45) is 4.53. The van der Waals surface area contributed by atoms with Crippen LogP contribution in [0.3, 0.4) is 0 Å². The number of benzene rings is 3. The van der Waals surface area contributed by atoms with Crippen LogP contribution >= 0.6 is 0 Å². The van der Waals surface area contributed by atoms with Crippen molar-refractivity contribution in [2.24, 2.45) is 11.5 Å². The van der Waals surface area contributed by atoms with Gasteiger partial charge in [-0.25, -0.2) is 8.42 Å². The molecule has 5 rings (SSSR count). The molecule has 1 aliphatic heterocycles. The van der Waals surface area contributed by atoms with Crippen LogP contribution in [-0.2, 0) is 16.4 Å². The fraction of sp³-hybridized carbons (Fsp3) is 0.370. The zero-order valence-electron chi connectivity index (χ0n) is 19.9. The Morgan fingerprint density at radius 3 is 2.49 bits per heavy atom. The third-order valence-corrected chi connectivity index (χ3v) is 9.01. The summed E-state index contributed by atoms with van der Waals surface area (Å²) in [6.45, 7) is 1.68. The van der Waals surface area contributed by atoms with Gasteiger partial charge in [0.1, 0.15) is 11.6 Å². The minimum Gasteiger partial charge on any atom is -0.490 e. The van der Waals surface area contributed by atoms with Crippen LogP contribution in [0.15, 0.2) is 54.6 Å². The van der Waals surface area contributed by atoms with Gasteiger partial charge in [0.25, 0.3) is 0 Å². The van der Waals surface area contributed by atoms with Crippen LogP contribution < -0.4 is 20.5 Å². The van der Waals surface area contributed by atoms with Gasteiger partial charge in [0.2, 0.25) is 10.0 Å². The number of hydrogen-bond acceptors (Lipinski definition) is 5.